The van der Waals surface area contributed by atoms with Crippen molar-refractivity contribution in [1.29, 1.82) is 0 Å². The molecule has 2 aromatic rings. The van der Waals surface area contributed by atoms with Gasteiger partial charge in [-0.15, -0.1) is 11.3 Å². The molecule has 0 aliphatic rings. The van der Waals surface area contributed by atoms with Crippen LogP contribution >= 0.6 is 11.3 Å². The lowest BCUT2D eigenvalue weighted by molar-refractivity contribution is 0.0699. The molecule has 104 valence electrons. The highest BCUT2D eigenvalue weighted by molar-refractivity contribution is 7.19. The number of nitrogens with one attached hydrogen (secondary N) is 1. The second kappa shape index (κ2) is 5.75. The van der Waals surface area contributed by atoms with E-state index in [0.717, 1.165) is 11.3 Å². The number of aromatic carboxylic acids is 1. The molecule has 2 rings (SSSR count). The van der Waals surface area contributed by atoms with E-state index >= 15 is 0 Å². The van der Waals surface area contributed by atoms with Gasteiger partial charge in [-0.3, -0.25) is 4.79 Å². The first kappa shape index (κ1) is 14.1. The summed E-state index contributed by atoms with van der Waals surface area (Å²) >= 11 is 1.08. The maximum absolute atomic E-state index is 12.4. The van der Waals surface area contributed by atoms with E-state index in [0.29, 0.717) is 17.1 Å². The van der Waals surface area contributed by atoms with Crippen LogP contribution < -0.4 is 11.1 Å². The fraction of sp³-hybridized carbons (Fsp3) is 0.143. The van der Waals surface area contributed by atoms with Gasteiger partial charge in [0.1, 0.15) is 15.4 Å². The van der Waals surface area contributed by atoms with Crippen molar-refractivity contribution in [2.75, 3.05) is 17.6 Å². The molecule has 1 aromatic carbocycles. The fourth-order valence-electron chi connectivity index (χ4n) is 1.83. The topological polar surface area (TPSA) is 92.4 Å². The van der Waals surface area contributed by atoms with E-state index in [4.69, 9.17) is 5.73 Å². The molecule has 6 heteroatoms. The Bertz CT molecular complexity index is 650. The van der Waals surface area contributed by atoms with E-state index in [1.165, 1.54) is 0 Å². The van der Waals surface area contributed by atoms with E-state index in [-0.39, 0.29) is 21.9 Å². The van der Waals surface area contributed by atoms with Gasteiger partial charge in [0, 0.05) is 12.1 Å². The Kier molecular flexibility index (Phi) is 4.05. The predicted octanol–water partition coefficient (Wildman–Crippen LogP) is 2.69. The number of carbonyl (C=O) groups is 2. The van der Waals surface area contributed by atoms with Crippen LogP contribution in [0.5, 0.6) is 0 Å². The van der Waals surface area contributed by atoms with Gasteiger partial charge in [-0.05, 0) is 6.92 Å². The third-order valence-corrected chi connectivity index (χ3v) is 3.90. The number of carboxylic acid groups (broad SMARTS) is 1. The normalized spacial score (nSPS) is 10.2. The van der Waals surface area contributed by atoms with E-state index < -0.39 is 5.97 Å². The Morgan fingerprint density at radius 2 is 1.95 bits per heavy atom. The first-order valence-corrected chi connectivity index (χ1v) is 6.87. The Labute approximate surface area is 120 Å². The minimum atomic E-state index is -1.14. The first-order chi connectivity index (χ1) is 9.56. The second-order valence-corrected chi connectivity index (χ2v) is 5.10. The molecule has 20 heavy (non-hydrogen) atoms. The number of benzene rings is 1. The number of hydrogen-bond donors (Lipinski definition) is 3. The van der Waals surface area contributed by atoms with Crippen LogP contribution in [-0.2, 0) is 0 Å². The van der Waals surface area contributed by atoms with E-state index in [9.17, 15) is 14.7 Å². The molecule has 0 fully saturated rings. The van der Waals surface area contributed by atoms with Gasteiger partial charge in [0.05, 0.1) is 5.69 Å². The zero-order valence-corrected chi connectivity index (χ0v) is 11.7. The molecule has 0 aliphatic heterocycles. The Balaban J connectivity index is 2.50. The molecule has 0 saturated carbocycles. The van der Waals surface area contributed by atoms with Crippen molar-refractivity contribution in [2.24, 2.45) is 0 Å². The summed E-state index contributed by atoms with van der Waals surface area (Å²) in [4.78, 5) is 23.9. The molecule has 0 unspecified atom stereocenters. The zero-order chi connectivity index (χ0) is 14.7. The van der Waals surface area contributed by atoms with Crippen LogP contribution in [0.3, 0.4) is 0 Å². The van der Waals surface area contributed by atoms with E-state index in [2.05, 4.69) is 5.32 Å². The largest absolute Gasteiger partial charge is 0.478 e. The van der Waals surface area contributed by atoms with Gasteiger partial charge < -0.3 is 16.2 Å². The summed E-state index contributed by atoms with van der Waals surface area (Å²) in [5, 5.41) is 12.6. The third-order valence-electron chi connectivity index (χ3n) is 2.74. The summed E-state index contributed by atoms with van der Waals surface area (Å²) in [5.41, 5.74) is 6.32. The van der Waals surface area contributed by atoms with Crippen LogP contribution in [0.4, 0.5) is 10.7 Å². The minimum absolute atomic E-state index is 0.0207. The van der Waals surface area contributed by atoms with Gasteiger partial charge in [0.25, 0.3) is 0 Å². The first-order valence-electron chi connectivity index (χ1n) is 6.05. The molecule has 0 aliphatic carbocycles. The second-order valence-electron chi connectivity index (χ2n) is 4.08. The van der Waals surface area contributed by atoms with Gasteiger partial charge in [-0.25, -0.2) is 4.79 Å². The van der Waals surface area contributed by atoms with Crippen molar-refractivity contribution in [1.82, 2.24) is 0 Å². The van der Waals surface area contributed by atoms with Crippen LogP contribution in [-0.4, -0.2) is 23.4 Å². The van der Waals surface area contributed by atoms with Crippen LogP contribution in [0.2, 0.25) is 0 Å². The summed E-state index contributed by atoms with van der Waals surface area (Å²) in [5.74, 6) is -1.40. The maximum atomic E-state index is 12.4. The summed E-state index contributed by atoms with van der Waals surface area (Å²) < 4.78 is 0. The number of carboxylic acids is 1. The number of thiophene rings is 1. The zero-order valence-electron chi connectivity index (χ0n) is 10.8. The monoisotopic (exact) mass is 290 g/mol. The molecular weight excluding hydrogens is 276 g/mol. The number of rotatable bonds is 5. The lowest BCUT2D eigenvalue weighted by atomic mass is 10.1. The summed E-state index contributed by atoms with van der Waals surface area (Å²) in [6, 6.07) is 8.66. The highest BCUT2D eigenvalue weighted by atomic mass is 32.1. The highest BCUT2D eigenvalue weighted by Crippen LogP contribution is 2.37. The van der Waals surface area contributed by atoms with Gasteiger partial charge >= 0.3 is 5.97 Å². The lowest BCUT2D eigenvalue weighted by Gasteiger charge is -2.00. The van der Waals surface area contributed by atoms with Crippen molar-refractivity contribution >= 4 is 33.8 Å². The van der Waals surface area contributed by atoms with Crippen molar-refractivity contribution in [3.8, 4) is 0 Å². The van der Waals surface area contributed by atoms with Crippen LogP contribution in [0, 0.1) is 0 Å². The SMILES string of the molecule is CCNc1sc(C(=O)c2ccccc2)c(N)c1C(=O)O. The summed E-state index contributed by atoms with van der Waals surface area (Å²) in [7, 11) is 0. The number of hydrogen-bond acceptors (Lipinski definition) is 5. The van der Waals surface area contributed by atoms with Gasteiger partial charge in [-0.1, -0.05) is 30.3 Å². The van der Waals surface area contributed by atoms with Gasteiger partial charge in [0.2, 0.25) is 5.78 Å². The predicted molar refractivity (Wildman–Crippen MR) is 79.7 cm³/mol. The molecule has 0 radical (unpaired) electrons. The number of carbonyl (C=O) groups excluding carboxylic acids is 1. The highest BCUT2D eigenvalue weighted by Gasteiger charge is 2.25. The van der Waals surface area contributed by atoms with Crippen molar-refractivity contribution in [3.63, 3.8) is 0 Å². The van der Waals surface area contributed by atoms with E-state index in [1.54, 1.807) is 30.3 Å². The van der Waals surface area contributed by atoms with Gasteiger partial charge in [-0.2, -0.15) is 0 Å². The molecule has 1 aromatic heterocycles. The number of ketones is 1. The average molecular weight is 290 g/mol. The molecule has 1 heterocycles. The standard InChI is InChI=1S/C14H14N2O3S/c1-2-16-13-9(14(18)19)10(15)12(20-13)11(17)8-6-4-3-5-7-8/h3-7,16H,2,15H2,1H3,(H,18,19). The Hall–Kier alpha value is -2.34. The Morgan fingerprint density at radius 1 is 1.30 bits per heavy atom. The smallest absolute Gasteiger partial charge is 0.340 e. The molecule has 4 N–H and O–H groups in total. The molecule has 0 atom stereocenters. The Morgan fingerprint density at radius 3 is 2.50 bits per heavy atom. The quantitative estimate of drug-likeness (QED) is 0.736. The number of nitrogen functional groups attached to an aromatic ring is 1. The number of nitrogens with two attached hydrogens (primary N) is 1. The van der Waals surface area contributed by atoms with Gasteiger partial charge in [0.15, 0.2) is 0 Å². The molecule has 0 bridgehead atoms. The molecule has 0 amide bonds. The molecular formula is C14H14N2O3S. The third kappa shape index (κ3) is 2.50. The lowest BCUT2D eigenvalue weighted by Crippen LogP contribution is -2.07. The molecule has 0 spiro atoms. The van der Waals surface area contributed by atoms with Crippen molar-refractivity contribution in [3.05, 3.63) is 46.3 Å². The summed E-state index contributed by atoms with van der Waals surface area (Å²) in [6.07, 6.45) is 0. The number of anilines is 2. The maximum Gasteiger partial charge on any atom is 0.340 e. The molecule has 0 saturated heterocycles. The van der Waals surface area contributed by atoms with Crippen LogP contribution in [0.1, 0.15) is 32.5 Å². The van der Waals surface area contributed by atoms with E-state index in [1.807, 2.05) is 6.92 Å². The fourth-order valence-corrected chi connectivity index (χ4v) is 2.97. The average Bonchev–Trinajstić information content (AvgIpc) is 2.76. The van der Waals surface area contributed by atoms with Crippen molar-refractivity contribution < 1.29 is 14.7 Å². The van der Waals surface area contributed by atoms with Crippen LogP contribution in [0.15, 0.2) is 30.3 Å². The summed E-state index contributed by atoms with van der Waals surface area (Å²) in [6.45, 7) is 2.40. The van der Waals surface area contributed by atoms with Crippen LogP contribution in [0.25, 0.3) is 0 Å². The molecule has 5 nitrogen and oxygen atoms in total. The minimum Gasteiger partial charge on any atom is -0.478 e. The van der Waals surface area contributed by atoms with Crippen molar-refractivity contribution in [2.45, 2.75) is 6.92 Å².